The summed E-state index contributed by atoms with van der Waals surface area (Å²) in [7, 11) is 0. The molecule has 0 aromatic heterocycles. The Morgan fingerprint density at radius 3 is 1.84 bits per heavy atom. The van der Waals surface area contributed by atoms with E-state index in [1.165, 1.54) is 0 Å². The Hall–Kier alpha value is -1.65. The van der Waals surface area contributed by atoms with Crippen LogP contribution in [0.4, 0.5) is 0 Å². The first kappa shape index (κ1) is 17.4. The molecule has 2 unspecified atom stereocenters. The van der Waals surface area contributed by atoms with Gasteiger partial charge in [0.1, 0.15) is 0 Å². The van der Waals surface area contributed by atoms with E-state index in [2.05, 4.69) is 0 Å². The number of carboxylic acid groups (broad SMARTS) is 1. The summed E-state index contributed by atoms with van der Waals surface area (Å²) >= 11 is 0. The lowest BCUT2D eigenvalue weighted by atomic mass is 9.68. The number of aliphatic carboxylic acids is 1. The van der Waals surface area contributed by atoms with Crippen molar-refractivity contribution in [1.29, 1.82) is 0 Å². The number of Topliss-reactive ketones (excluding diaryl/α,β-unsaturated/α-hetero) is 1. The van der Waals surface area contributed by atoms with Gasteiger partial charge in [-0.05, 0) is 19.3 Å². The van der Waals surface area contributed by atoms with Gasteiger partial charge in [-0.25, -0.2) is 4.79 Å². The number of carbonyl (C=O) groups is 3. The van der Waals surface area contributed by atoms with E-state index >= 15 is 0 Å². The summed E-state index contributed by atoms with van der Waals surface area (Å²) < 4.78 is 4.96. The first-order chi connectivity index (χ1) is 8.50. The fraction of sp³-hybridized carbons (Fsp3) is 0.643. The highest BCUT2D eigenvalue weighted by Crippen LogP contribution is 2.39. The molecule has 108 valence electrons. The largest absolute Gasteiger partial charge is 0.478 e. The highest BCUT2D eigenvalue weighted by atomic mass is 16.6. The Balaban J connectivity index is 6.12. The van der Waals surface area contributed by atoms with Gasteiger partial charge >= 0.3 is 11.9 Å². The number of carbonyl (C=O) groups excluding carboxylic acids is 2. The molecule has 2 atom stereocenters. The van der Waals surface area contributed by atoms with Crippen molar-refractivity contribution in [3.05, 3.63) is 12.2 Å². The summed E-state index contributed by atoms with van der Waals surface area (Å²) in [6, 6.07) is 0. The van der Waals surface area contributed by atoms with Crippen LogP contribution in [0.1, 0.15) is 41.5 Å². The van der Waals surface area contributed by atoms with Crippen molar-refractivity contribution < 1.29 is 24.2 Å². The van der Waals surface area contributed by atoms with Gasteiger partial charge in [0.2, 0.25) is 0 Å². The fourth-order valence-corrected chi connectivity index (χ4v) is 2.13. The van der Waals surface area contributed by atoms with Crippen LogP contribution in [0.5, 0.6) is 0 Å². The minimum Gasteiger partial charge on any atom is -0.478 e. The normalized spacial score (nSPS) is 16.7. The van der Waals surface area contributed by atoms with E-state index in [-0.39, 0.29) is 0 Å². The van der Waals surface area contributed by atoms with Crippen LogP contribution in [0.25, 0.3) is 0 Å². The van der Waals surface area contributed by atoms with Crippen molar-refractivity contribution in [2.75, 3.05) is 0 Å². The maximum Gasteiger partial charge on any atom is 0.356 e. The predicted octanol–water partition coefficient (Wildman–Crippen LogP) is 2.20. The van der Waals surface area contributed by atoms with Crippen LogP contribution in [-0.4, -0.2) is 28.4 Å². The van der Waals surface area contributed by atoms with Crippen LogP contribution in [0.15, 0.2) is 12.2 Å². The van der Waals surface area contributed by atoms with Crippen LogP contribution in [0, 0.1) is 11.3 Å². The topological polar surface area (TPSA) is 80.7 Å². The van der Waals surface area contributed by atoms with Gasteiger partial charge in [0.25, 0.3) is 5.60 Å². The van der Waals surface area contributed by atoms with Crippen LogP contribution in [0.2, 0.25) is 0 Å². The van der Waals surface area contributed by atoms with Crippen LogP contribution in [-0.2, 0) is 19.1 Å². The molecule has 0 aliphatic heterocycles. The summed E-state index contributed by atoms with van der Waals surface area (Å²) in [4.78, 5) is 34.8. The molecule has 19 heavy (non-hydrogen) atoms. The highest BCUT2D eigenvalue weighted by molar-refractivity contribution is 6.07. The van der Waals surface area contributed by atoms with Crippen molar-refractivity contribution in [1.82, 2.24) is 0 Å². The van der Waals surface area contributed by atoms with Gasteiger partial charge in [0.15, 0.2) is 5.78 Å². The van der Waals surface area contributed by atoms with Gasteiger partial charge in [0, 0.05) is 12.8 Å². The van der Waals surface area contributed by atoms with E-state index in [9.17, 15) is 19.5 Å². The van der Waals surface area contributed by atoms with Crippen LogP contribution in [0.3, 0.4) is 0 Å². The van der Waals surface area contributed by atoms with Gasteiger partial charge in [-0.15, -0.1) is 0 Å². The molecule has 0 rings (SSSR count). The van der Waals surface area contributed by atoms with Gasteiger partial charge in [-0.3, -0.25) is 9.59 Å². The first-order valence-electron chi connectivity index (χ1n) is 6.07. The number of ether oxygens (including phenoxy) is 1. The number of rotatable bonds is 5. The SMILES string of the molecule is CC=CC(C(C)(C)C)C(OC(C)=O)(C(C)=O)C(=O)O. The maximum atomic E-state index is 11.9. The number of esters is 1. The van der Waals surface area contributed by atoms with Crippen LogP contribution >= 0.6 is 0 Å². The van der Waals surface area contributed by atoms with E-state index in [1.54, 1.807) is 39.8 Å². The zero-order valence-electron chi connectivity index (χ0n) is 12.3. The molecule has 0 radical (unpaired) electrons. The Bertz CT molecular complexity index is 387. The van der Waals surface area contributed by atoms with Gasteiger partial charge in [-0.2, -0.15) is 0 Å². The van der Waals surface area contributed by atoms with Gasteiger partial charge < -0.3 is 9.84 Å². The summed E-state index contributed by atoms with van der Waals surface area (Å²) in [5.41, 5.74) is -2.75. The molecule has 0 bridgehead atoms. The Kier molecular flexibility index (Phi) is 5.47. The predicted molar refractivity (Wildman–Crippen MR) is 70.6 cm³/mol. The number of hydrogen-bond acceptors (Lipinski definition) is 4. The van der Waals surface area contributed by atoms with E-state index in [0.29, 0.717) is 0 Å². The van der Waals surface area contributed by atoms with Crippen LogP contribution < -0.4 is 0 Å². The fourth-order valence-electron chi connectivity index (χ4n) is 2.13. The molecule has 0 spiro atoms. The lowest BCUT2D eigenvalue weighted by molar-refractivity contribution is -0.189. The molecule has 0 aromatic rings. The second-order valence-corrected chi connectivity index (χ2v) is 5.56. The molecule has 0 saturated carbocycles. The van der Waals surface area contributed by atoms with Crippen molar-refractivity contribution >= 4 is 17.7 Å². The van der Waals surface area contributed by atoms with Crippen molar-refractivity contribution in [2.24, 2.45) is 11.3 Å². The van der Waals surface area contributed by atoms with Gasteiger partial charge in [0.05, 0.1) is 0 Å². The highest BCUT2D eigenvalue weighted by Gasteiger charge is 2.56. The smallest absolute Gasteiger partial charge is 0.356 e. The monoisotopic (exact) mass is 270 g/mol. The second kappa shape index (κ2) is 5.99. The third-order valence-corrected chi connectivity index (χ3v) is 2.90. The lowest BCUT2D eigenvalue weighted by Crippen LogP contribution is -2.57. The van der Waals surface area contributed by atoms with Crippen molar-refractivity contribution in [3.8, 4) is 0 Å². The summed E-state index contributed by atoms with van der Waals surface area (Å²) in [5.74, 6) is -3.71. The first-order valence-corrected chi connectivity index (χ1v) is 6.07. The minimum absolute atomic E-state index is 0.563. The molecule has 0 aliphatic carbocycles. The Morgan fingerprint density at radius 2 is 1.63 bits per heavy atom. The van der Waals surface area contributed by atoms with Crippen molar-refractivity contribution in [2.45, 2.75) is 47.1 Å². The molecule has 0 aromatic carbocycles. The Morgan fingerprint density at radius 1 is 1.16 bits per heavy atom. The quantitative estimate of drug-likeness (QED) is 0.470. The minimum atomic E-state index is -2.18. The number of ketones is 1. The van der Waals surface area contributed by atoms with E-state index < -0.39 is 34.7 Å². The molecular weight excluding hydrogens is 248 g/mol. The lowest BCUT2D eigenvalue weighted by Gasteiger charge is -2.40. The van der Waals surface area contributed by atoms with E-state index in [1.807, 2.05) is 0 Å². The van der Waals surface area contributed by atoms with Crippen molar-refractivity contribution in [3.63, 3.8) is 0 Å². The Labute approximate surface area is 113 Å². The third kappa shape index (κ3) is 3.66. The number of carboxylic acids is 1. The average molecular weight is 270 g/mol. The van der Waals surface area contributed by atoms with Gasteiger partial charge in [-0.1, -0.05) is 32.9 Å². The average Bonchev–Trinajstić information content (AvgIpc) is 2.20. The summed E-state index contributed by atoms with van der Waals surface area (Å²) in [5, 5.41) is 9.47. The molecule has 0 amide bonds. The molecule has 0 aliphatic rings. The van der Waals surface area contributed by atoms with E-state index in [0.717, 1.165) is 13.8 Å². The summed E-state index contributed by atoms with van der Waals surface area (Å²) in [6.07, 6.45) is 3.25. The third-order valence-electron chi connectivity index (χ3n) is 2.90. The molecule has 5 nitrogen and oxygen atoms in total. The van der Waals surface area contributed by atoms with E-state index in [4.69, 9.17) is 4.74 Å². The standard InChI is InChI=1S/C14H22O5/c1-7-8-11(13(4,5)6)14(9(2)15,12(17)18)19-10(3)16/h7-8,11H,1-6H3,(H,17,18). The zero-order chi connectivity index (χ0) is 15.4. The molecule has 1 N–H and O–H groups in total. The maximum absolute atomic E-state index is 11.9. The molecule has 0 saturated heterocycles. The molecule has 0 fully saturated rings. The molecule has 0 heterocycles. The molecule has 5 heteroatoms. The second-order valence-electron chi connectivity index (χ2n) is 5.56. The number of allylic oxidation sites excluding steroid dienone is 1. The molecular formula is C14H22O5. The zero-order valence-corrected chi connectivity index (χ0v) is 12.3. The number of hydrogen-bond donors (Lipinski definition) is 1. The summed E-state index contributed by atoms with van der Waals surface area (Å²) in [6.45, 7) is 9.32.